The lowest BCUT2D eigenvalue weighted by atomic mass is 10.2. The summed E-state index contributed by atoms with van der Waals surface area (Å²) >= 11 is 0. The van der Waals surface area contributed by atoms with Crippen LogP contribution in [0.2, 0.25) is 0 Å². The number of aromatic nitrogens is 4. The molecule has 8 nitrogen and oxygen atoms in total. The van der Waals surface area contributed by atoms with Crippen molar-refractivity contribution in [2.24, 2.45) is 0 Å². The number of nitrogens with two attached hydrogens (primary N) is 2. The van der Waals surface area contributed by atoms with E-state index in [1.165, 1.54) is 0 Å². The van der Waals surface area contributed by atoms with E-state index in [0.717, 1.165) is 24.4 Å². The van der Waals surface area contributed by atoms with Crippen LogP contribution >= 0.6 is 0 Å². The monoisotopic (exact) mass is 262 g/mol. The number of aromatic amines is 1. The highest BCUT2D eigenvalue weighted by Gasteiger charge is 2.10. The standard InChI is InChI=1S/C11H14N6O2/c12-9-8-10(17-11(13)16-9)15-7(14-8)3-1-2-6-4-18-5-19-6/h2H,1,3-5H2,(H5,12,13,14,15,16,17)/b6-2-. The maximum absolute atomic E-state index is 5.74. The molecule has 0 spiro atoms. The van der Waals surface area contributed by atoms with Crippen LogP contribution in [0, 0.1) is 0 Å². The summed E-state index contributed by atoms with van der Waals surface area (Å²) in [5.41, 5.74) is 12.4. The summed E-state index contributed by atoms with van der Waals surface area (Å²) in [6, 6.07) is 0. The number of nitrogens with zero attached hydrogens (tertiary/aromatic N) is 3. The second-order valence-corrected chi connectivity index (χ2v) is 4.17. The van der Waals surface area contributed by atoms with Gasteiger partial charge in [-0.15, -0.1) is 0 Å². The topological polar surface area (TPSA) is 125 Å². The van der Waals surface area contributed by atoms with Crippen LogP contribution < -0.4 is 11.5 Å². The van der Waals surface area contributed by atoms with Gasteiger partial charge >= 0.3 is 0 Å². The maximum Gasteiger partial charge on any atom is 0.224 e. The van der Waals surface area contributed by atoms with Gasteiger partial charge in [-0.2, -0.15) is 9.97 Å². The molecule has 0 bridgehead atoms. The molecule has 0 saturated carbocycles. The molecule has 2 aromatic heterocycles. The third-order valence-corrected chi connectivity index (χ3v) is 2.76. The van der Waals surface area contributed by atoms with Crippen LogP contribution in [-0.2, 0) is 15.9 Å². The van der Waals surface area contributed by atoms with E-state index in [1.54, 1.807) is 0 Å². The van der Waals surface area contributed by atoms with Crippen molar-refractivity contribution in [2.45, 2.75) is 12.8 Å². The Labute approximate surface area is 108 Å². The fraction of sp³-hybridized carbons (Fsp3) is 0.364. The molecule has 0 amide bonds. The third kappa shape index (κ3) is 2.43. The van der Waals surface area contributed by atoms with E-state index in [1.807, 2.05) is 6.08 Å². The van der Waals surface area contributed by atoms with Crippen LogP contribution in [0.15, 0.2) is 11.8 Å². The van der Waals surface area contributed by atoms with Gasteiger partial charge in [-0.05, 0) is 12.5 Å². The van der Waals surface area contributed by atoms with E-state index < -0.39 is 0 Å². The number of rotatable bonds is 3. The van der Waals surface area contributed by atoms with E-state index in [0.29, 0.717) is 24.6 Å². The Morgan fingerprint density at radius 1 is 1.26 bits per heavy atom. The second-order valence-electron chi connectivity index (χ2n) is 4.17. The molecule has 0 unspecified atom stereocenters. The van der Waals surface area contributed by atoms with Crippen LogP contribution in [0.3, 0.4) is 0 Å². The quantitative estimate of drug-likeness (QED) is 0.728. The number of hydrogen-bond acceptors (Lipinski definition) is 7. The van der Waals surface area contributed by atoms with Crippen molar-refractivity contribution in [3.05, 3.63) is 17.7 Å². The van der Waals surface area contributed by atoms with Crippen LogP contribution in [0.5, 0.6) is 0 Å². The van der Waals surface area contributed by atoms with Gasteiger partial charge in [-0.25, -0.2) is 4.98 Å². The summed E-state index contributed by atoms with van der Waals surface area (Å²) in [5, 5.41) is 0. The Balaban J connectivity index is 1.74. The SMILES string of the molecule is Nc1nc(N)c2nc(CC/C=C3/COCO3)[nH]c2n1. The smallest absolute Gasteiger partial charge is 0.224 e. The van der Waals surface area contributed by atoms with Gasteiger partial charge in [0.25, 0.3) is 0 Å². The predicted octanol–water partition coefficient (Wildman–Crippen LogP) is 0.338. The van der Waals surface area contributed by atoms with Gasteiger partial charge in [0, 0.05) is 6.42 Å². The molecule has 0 aromatic carbocycles. The van der Waals surface area contributed by atoms with Gasteiger partial charge in [0.05, 0.1) is 0 Å². The largest absolute Gasteiger partial charge is 0.470 e. The maximum atomic E-state index is 5.74. The second kappa shape index (κ2) is 4.73. The minimum Gasteiger partial charge on any atom is -0.470 e. The number of anilines is 2. The lowest BCUT2D eigenvalue weighted by Crippen LogP contribution is -1.99. The molecule has 3 heterocycles. The fourth-order valence-electron chi connectivity index (χ4n) is 1.89. The molecule has 0 radical (unpaired) electrons. The number of imidazole rings is 1. The molecule has 1 aliphatic rings. The predicted molar refractivity (Wildman–Crippen MR) is 68.8 cm³/mol. The van der Waals surface area contributed by atoms with Gasteiger partial charge in [0.1, 0.15) is 23.7 Å². The van der Waals surface area contributed by atoms with Crippen molar-refractivity contribution in [2.75, 3.05) is 24.9 Å². The number of aryl methyl sites for hydroxylation is 1. The normalized spacial score (nSPS) is 17.2. The Morgan fingerprint density at radius 3 is 2.95 bits per heavy atom. The number of hydrogen-bond donors (Lipinski definition) is 3. The van der Waals surface area contributed by atoms with Crippen molar-refractivity contribution < 1.29 is 9.47 Å². The average molecular weight is 262 g/mol. The van der Waals surface area contributed by atoms with Crippen molar-refractivity contribution in [3.63, 3.8) is 0 Å². The van der Waals surface area contributed by atoms with Gasteiger partial charge < -0.3 is 25.9 Å². The average Bonchev–Trinajstić information content (AvgIpc) is 2.98. The van der Waals surface area contributed by atoms with Crippen molar-refractivity contribution >= 4 is 22.9 Å². The van der Waals surface area contributed by atoms with E-state index in [9.17, 15) is 0 Å². The lowest BCUT2D eigenvalue weighted by molar-refractivity contribution is 0.0799. The molecule has 8 heteroatoms. The zero-order valence-corrected chi connectivity index (χ0v) is 10.2. The summed E-state index contributed by atoms with van der Waals surface area (Å²) in [4.78, 5) is 15.4. The summed E-state index contributed by atoms with van der Waals surface area (Å²) in [7, 11) is 0. The number of nitrogen functional groups attached to an aromatic ring is 2. The lowest BCUT2D eigenvalue weighted by Gasteiger charge is -1.94. The number of nitrogens with one attached hydrogen (secondary N) is 1. The highest BCUT2D eigenvalue weighted by Crippen LogP contribution is 2.17. The number of fused-ring (bicyclic) bond motifs is 1. The van der Waals surface area contributed by atoms with E-state index in [4.69, 9.17) is 20.9 Å². The summed E-state index contributed by atoms with van der Waals surface area (Å²) in [6.07, 6.45) is 3.51. The van der Waals surface area contributed by atoms with Crippen molar-refractivity contribution in [1.29, 1.82) is 0 Å². The summed E-state index contributed by atoms with van der Waals surface area (Å²) < 4.78 is 10.3. The van der Waals surface area contributed by atoms with Gasteiger partial charge in [-0.1, -0.05) is 0 Å². The van der Waals surface area contributed by atoms with E-state index >= 15 is 0 Å². The van der Waals surface area contributed by atoms with Crippen LogP contribution in [0.25, 0.3) is 11.2 Å². The zero-order valence-electron chi connectivity index (χ0n) is 10.2. The first-order valence-electron chi connectivity index (χ1n) is 5.89. The Hall–Kier alpha value is -2.35. The first kappa shape index (κ1) is 11.7. The van der Waals surface area contributed by atoms with Crippen LogP contribution in [-0.4, -0.2) is 33.3 Å². The molecular weight excluding hydrogens is 248 g/mol. The van der Waals surface area contributed by atoms with Crippen molar-refractivity contribution in [1.82, 2.24) is 19.9 Å². The minimum absolute atomic E-state index is 0.138. The Kier molecular flexibility index (Phi) is 2.92. The van der Waals surface area contributed by atoms with Crippen LogP contribution in [0.1, 0.15) is 12.2 Å². The number of allylic oxidation sites excluding steroid dienone is 1. The Bertz CT molecular complexity index is 627. The molecular formula is C11H14N6O2. The van der Waals surface area contributed by atoms with Gasteiger partial charge in [-0.3, -0.25) is 0 Å². The third-order valence-electron chi connectivity index (χ3n) is 2.76. The summed E-state index contributed by atoms with van der Waals surface area (Å²) in [6.45, 7) is 0.872. The highest BCUT2D eigenvalue weighted by molar-refractivity contribution is 5.82. The molecule has 1 aliphatic heterocycles. The molecule has 100 valence electrons. The molecule has 0 atom stereocenters. The van der Waals surface area contributed by atoms with Gasteiger partial charge in [0.15, 0.2) is 18.3 Å². The minimum atomic E-state index is 0.138. The zero-order chi connectivity index (χ0) is 13.2. The molecule has 5 N–H and O–H groups in total. The molecule has 0 aliphatic carbocycles. The first-order valence-corrected chi connectivity index (χ1v) is 5.89. The van der Waals surface area contributed by atoms with Crippen molar-refractivity contribution in [3.8, 4) is 0 Å². The van der Waals surface area contributed by atoms with E-state index in [2.05, 4.69) is 19.9 Å². The highest BCUT2D eigenvalue weighted by atomic mass is 16.7. The number of ether oxygens (including phenoxy) is 2. The molecule has 3 rings (SSSR count). The molecule has 1 fully saturated rings. The molecule has 2 aromatic rings. The first-order chi connectivity index (χ1) is 9.22. The van der Waals surface area contributed by atoms with E-state index in [-0.39, 0.29) is 11.8 Å². The Morgan fingerprint density at radius 2 is 2.16 bits per heavy atom. The number of H-pyrrole nitrogens is 1. The summed E-state index contributed by atoms with van der Waals surface area (Å²) in [5.74, 6) is 2.08. The molecule has 1 saturated heterocycles. The van der Waals surface area contributed by atoms with Crippen LogP contribution in [0.4, 0.5) is 11.8 Å². The van der Waals surface area contributed by atoms with Gasteiger partial charge in [0.2, 0.25) is 5.95 Å². The fourth-order valence-corrected chi connectivity index (χ4v) is 1.89. The molecule has 19 heavy (non-hydrogen) atoms.